The van der Waals surface area contributed by atoms with Crippen LogP contribution in [0.25, 0.3) is 0 Å². The molecule has 29 heavy (non-hydrogen) atoms. The number of rotatable bonds is 10. The molecule has 0 radical (unpaired) electrons. The monoisotopic (exact) mass is 410 g/mol. The molecule has 0 heterocycles. The Morgan fingerprint density at radius 3 is 1.48 bits per heavy atom. The van der Waals surface area contributed by atoms with Crippen LogP contribution < -0.4 is 0 Å². The van der Waals surface area contributed by atoms with E-state index in [0.717, 1.165) is 23.9 Å². The van der Waals surface area contributed by atoms with Gasteiger partial charge in [0.25, 0.3) is 0 Å². The van der Waals surface area contributed by atoms with Gasteiger partial charge in [-0.3, -0.25) is 9.59 Å². The molecule has 2 aromatic carbocycles. The molecular formula is C22H18O6S. The number of aromatic hydroxyl groups is 2. The van der Waals surface area contributed by atoms with Crippen molar-refractivity contribution in [2.24, 2.45) is 0 Å². The smallest absolute Gasteiger partial charge is 0.188 e. The summed E-state index contributed by atoms with van der Waals surface area (Å²) in [5.41, 5.74) is 0.508. The van der Waals surface area contributed by atoms with Gasteiger partial charge in [-0.05, 0) is 36.4 Å². The fourth-order valence-corrected chi connectivity index (χ4v) is 3.84. The Labute approximate surface area is 171 Å². The van der Waals surface area contributed by atoms with E-state index in [1.54, 1.807) is 12.1 Å². The standard InChI is InChI=1S/C22H18O6S/c1-3-17(25)13-5-7-19(15(9-11-23)21(13)27)29-20-8-6-14(18(26)4-2)22(28)16(20)10-12-24/h3-8,11-12,27-28H,1-2,9-10H2. The van der Waals surface area contributed by atoms with E-state index in [2.05, 4.69) is 13.2 Å². The van der Waals surface area contributed by atoms with E-state index in [9.17, 15) is 29.4 Å². The van der Waals surface area contributed by atoms with Crippen LogP contribution in [0.15, 0.2) is 59.4 Å². The molecule has 0 aliphatic rings. The Kier molecular flexibility index (Phi) is 7.27. The maximum absolute atomic E-state index is 11.9. The van der Waals surface area contributed by atoms with Crippen molar-refractivity contribution in [3.05, 3.63) is 71.8 Å². The number of phenols is 2. The zero-order chi connectivity index (χ0) is 21.6. The fraction of sp³-hybridized carbons (Fsp3) is 0.0909. The van der Waals surface area contributed by atoms with Crippen molar-refractivity contribution < 1.29 is 29.4 Å². The topological polar surface area (TPSA) is 109 Å². The molecule has 0 saturated heterocycles. The third-order valence-electron chi connectivity index (χ3n) is 4.18. The van der Waals surface area contributed by atoms with Gasteiger partial charge in [0.05, 0.1) is 11.1 Å². The zero-order valence-corrected chi connectivity index (χ0v) is 16.2. The van der Waals surface area contributed by atoms with E-state index in [4.69, 9.17) is 0 Å². The first-order chi connectivity index (χ1) is 13.9. The summed E-state index contributed by atoms with van der Waals surface area (Å²) in [4.78, 5) is 46.9. The first kappa shape index (κ1) is 21.8. The minimum absolute atomic E-state index is 0.0177. The van der Waals surface area contributed by atoms with E-state index in [1.807, 2.05) is 0 Å². The number of carbonyl (C=O) groups is 4. The first-order valence-electron chi connectivity index (χ1n) is 8.47. The number of allylic oxidation sites excluding steroid dienone is 2. The summed E-state index contributed by atoms with van der Waals surface area (Å²) in [6, 6.07) is 5.94. The van der Waals surface area contributed by atoms with E-state index in [0.29, 0.717) is 22.4 Å². The molecule has 0 aromatic heterocycles. The minimum Gasteiger partial charge on any atom is -0.507 e. The van der Waals surface area contributed by atoms with Gasteiger partial charge in [-0.25, -0.2) is 0 Å². The Balaban J connectivity index is 2.61. The normalized spacial score (nSPS) is 10.2. The van der Waals surface area contributed by atoms with Crippen LogP contribution in [0.4, 0.5) is 0 Å². The molecule has 148 valence electrons. The van der Waals surface area contributed by atoms with Gasteiger partial charge in [0.15, 0.2) is 11.6 Å². The molecule has 0 aliphatic heterocycles. The summed E-state index contributed by atoms with van der Waals surface area (Å²) < 4.78 is 0. The maximum atomic E-state index is 11.9. The third kappa shape index (κ3) is 4.52. The molecule has 2 rings (SSSR count). The molecule has 2 aromatic rings. The summed E-state index contributed by atoms with van der Waals surface area (Å²) in [6.07, 6.45) is 3.01. The van der Waals surface area contributed by atoms with Crippen LogP contribution in [0.5, 0.6) is 11.5 Å². The second kappa shape index (κ2) is 9.66. The van der Waals surface area contributed by atoms with Crippen LogP contribution in [0, 0.1) is 0 Å². The molecule has 0 saturated carbocycles. The van der Waals surface area contributed by atoms with E-state index in [1.165, 1.54) is 12.1 Å². The van der Waals surface area contributed by atoms with Gasteiger partial charge in [-0.1, -0.05) is 24.9 Å². The molecule has 0 amide bonds. The predicted octanol–water partition coefficient (Wildman–Crippen LogP) is 3.47. The number of carbonyl (C=O) groups excluding carboxylic acids is 4. The van der Waals surface area contributed by atoms with Crippen LogP contribution >= 0.6 is 11.8 Å². The van der Waals surface area contributed by atoms with Crippen molar-refractivity contribution in [2.75, 3.05) is 0 Å². The van der Waals surface area contributed by atoms with Gasteiger partial charge in [0.2, 0.25) is 0 Å². The number of benzene rings is 2. The van der Waals surface area contributed by atoms with Gasteiger partial charge >= 0.3 is 0 Å². The Hall–Kier alpha value is -3.45. The fourth-order valence-electron chi connectivity index (χ4n) is 2.72. The largest absolute Gasteiger partial charge is 0.507 e. The Morgan fingerprint density at radius 2 is 1.17 bits per heavy atom. The number of ketones is 2. The van der Waals surface area contributed by atoms with Crippen molar-refractivity contribution >= 4 is 35.9 Å². The SMILES string of the molecule is C=CC(=O)c1ccc(Sc2ccc(C(=O)C=C)c(O)c2CC=O)c(CC=O)c1O. The molecule has 0 fully saturated rings. The minimum atomic E-state index is -0.488. The number of hydrogen-bond donors (Lipinski definition) is 2. The van der Waals surface area contributed by atoms with Crippen LogP contribution in [0.3, 0.4) is 0 Å². The predicted molar refractivity (Wildman–Crippen MR) is 109 cm³/mol. The second-order valence-electron chi connectivity index (χ2n) is 5.86. The lowest BCUT2D eigenvalue weighted by Crippen LogP contribution is -2.02. The summed E-state index contributed by atoms with van der Waals surface area (Å²) in [5.74, 6) is -1.63. The van der Waals surface area contributed by atoms with E-state index in [-0.39, 0.29) is 46.6 Å². The van der Waals surface area contributed by atoms with E-state index >= 15 is 0 Å². The van der Waals surface area contributed by atoms with Crippen LogP contribution in [0.1, 0.15) is 31.8 Å². The Bertz CT molecular complexity index is 941. The lowest BCUT2D eigenvalue weighted by atomic mass is 10.0. The van der Waals surface area contributed by atoms with Crippen LogP contribution in [-0.4, -0.2) is 34.4 Å². The highest BCUT2D eigenvalue weighted by Gasteiger charge is 2.20. The highest BCUT2D eigenvalue weighted by atomic mass is 32.2. The molecule has 0 atom stereocenters. The van der Waals surface area contributed by atoms with Crippen molar-refractivity contribution in [1.29, 1.82) is 0 Å². The Morgan fingerprint density at radius 1 is 0.793 bits per heavy atom. The van der Waals surface area contributed by atoms with Gasteiger partial charge in [0.1, 0.15) is 24.1 Å². The lowest BCUT2D eigenvalue weighted by Gasteiger charge is -2.15. The maximum Gasteiger partial charge on any atom is 0.188 e. The second-order valence-corrected chi connectivity index (χ2v) is 6.94. The average molecular weight is 410 g/mol. The average Bonchev–Trinajstić information content (AvgIpc) is 2.72. The molecule has 0 unspecified atom stereocenters. The van der Waals surface area contributed by atoms with Crippen molar-refractivity contribution in [3.63, 3.8) is 0 Å². The van der Waals surface area contributed by atoms with Crippen molar-refractivity contribution in [2.45, 2.75) is 22.6 Å². The highest BCUT2D eigenvalue weighted by molar-refractivity contribution is 7.99. The van der Waals surface area contributed by atoms with Crippen molar-refractivity contribution in [1.82, 2.24) is 0 Å². The quantitative estimate of drug-likeness (QED) is 0.351. The first-order valence-corrected chi connectivity index (χ1v) is 9.29. The summed E-state index contributed by atoms with van der Waals surface area (Å²) >= 11 is 1.09. The molecule has 0 bridgehead atoms. The number of aldehydes is 2. The lowest BCUT2D eigenvalue weighted by molar-refractivity contribution is -0.108. The van der Waals surface area contributed by atoms with Gasteiger partial charge in [-0.2, -0.15) is 0 Å². The van der Waals surface area contributed by atoms with Gasteiger partial charge in [-0.15, -0.1) is 0 Å². The van der Waals surface area contributed by atoms with Gasteiger partial charge < -0.3 is 19.8 Å². The number of hydrogen-bond acceptors (Lipinski definition) is 7. The summed E-state index contributed by atoms with van der Waals surface area (Å²) in [6.45, 7) is 6.77. The molecule has 0 aliphatic carbocycles. The molecular weight excluding hydrogens is 392 g/mol. The van der Waals surface area contributed by atoms with Crippen LogP contribution in [-0.2, 0) is 22.4 Å². The summed E-state index contributed by atoms with van der Waals surface area (Å²) in [7, 11) is 0. The number of phenolic OH excluding ortho intramolecular Hbond substituents is 2. The zero-order valence-electron chi connectivity index (χ0n) is 15.4. The molecule has 7 heteroatoms. The molecule has 0 spiro atoms. The molecule has 2 N–H and O–H groups in total. The third-order valence-corrected chi connectivity index (χ3v) is 5.38. The van der Waals surface area contributed by atoms with Crippen LogP contribution in [0.2, 0.25) is 0 Å². The summed E-state index contributed by atoms with van der Waals surface area (Å²) in [5, 5.41) is 20.9. The highest BCUT2D eigenvalue weighted by Crippen LogP contribution is 2.41. The van der Waals surface area contributed by atoms with Crippen molar-refractivity contribution in [3.8, 4) is 11.5 Å². The van der Waals surface area contributed by atoms with Gasteiger partial charge in [0, 0.05) is 33.8 Å². The molecule has 6 nitrogen and oxygen atoms in total. The van der Waals surface area contributed by atoms with E-state index < -0.39 is 11.6 Å².